The van der Waals surface area contributed by atoms with Crippen molar-refractivity contribution in [3.8, 4) is 11.5 Å². The first-order valence-corrected chi connectivity index (χ1v) is 8.86. The van der Waals surface area contributed by atoms with Crippen LogP contribution >= 0.6 is 0 Å². The second-order valence-corrected chi connectivity index (χ2v) is 7.05. The topological polar surface area (TPSA) is 38.8 Å². The standard InChI is InChI=1S/C22H23NO3/c1-12-10-14-11-17(25-4)21(26-5)13(2)19(14)18(12)20-15-8-6-7-9-16(15)23(3)22(20)24/h6-9,11-12H,10H2,1-5H3/b20-18+/t12-/m1/s1. The summed E-state index contributed by atoms with van der Waals surface area (Å²) in [6, 6.07) is 10.1. The number of para-hydroxylation sites is 1. The van der Waals surface area contributed by atoms with Gasteiger partial charge in [-0.05, 0) is 48.1 Å². The number of rotatable bonds is 2. The number of likely N-dealkylation sites (N-methyl/N-ethyl adjacent to an activating group) is 1. The van der Waals surface area contributed by atoms with E-state index < -0.39 is 0 Å². The zero-order valence-electron chi connectivity index (χ0n) is 15.8. The Morgan fingerprint density at radius 1 is 1.15 bits per heavy atom. The van der Waals surface area contributed by atoms with Crippen LogP contribution in [0, 0.1) is 12.8 Å². The molecule has 4 heteroatoms. The van der Waals surface area contributed by atoms with Crippen molar-refractivity contribution in [1.29, 1.82) is 0 Å². The molecule has 4 rings (SSSR count). The van der Waals surface area contributed by atoms with Crippen molar-refractivity contribution >= 4 is 22.7 Å². The van der Waals surface area contributed by atoms with Crippen LogP contribution in [0.2, 0.25) is 0 Å². The molecule has 2 aliphatic rings. The van der Waals surface area contributed by atoms with Gasteiger partial charge < -0.3 is 14.4 Å². The van der Waals surface area contributed by atoms with Crippen molar-refractivity contribution in [3.63, 3.8) is 0 Å². The number of hydrogen-bond donors (Lipinski definition) is 0. The van der Waals surface area contributed by atoms with Crippen LogP contribution < -0.4 is 14.4 Å². The Balaban J connectivity index is 2.05. The largest absolute Gasteiger partial charge is 0.493 e. The van der Waals surface area contributed by atoms with Gasteiger partial charge in [0.25, 0.3) is 5.91 Å². The molecule has 134 valence electrons. The van der Waals surface area contributed by atoms with Crippen LogP contribution in [0.1, 0.15) is 29.2 Å². The van der Waals surface area contributed by atoms with Crippen LogP contribution in [0.4, 0.5) is 5.69 Å². The number of carbonyl (C=O) groups excluding carboxylic acids is 1. The quantitative estimate of drug-likeness (QED) is 0.767. The Hall–Kier alpha value is -2.75. The summed E-state index contributed by atoms with van der Waals surface area (Å²) in [5.74, 6) is 1.82. The maximum absolute atomic E-state index is 13.1. The number of fused-ring (bicyclic) bond motifs is 2. The lowest BCUT2D eigenvalue weighted by Gasteiger charge is -2.17. The summed E-state index contributed by atoms with van der Waals surface area (Å²) in [4.78, 5) is 14.9. The van der Waals surface area contributed by atoms with Crippen LogP contribution in [0.5, 0.6) is 11.5 Å². The van der Waals surface area contributed by atoms with Crippen LogP contribution in [0.15, 0.2) is 30.3 Å². The summed E-state index contributed by atoms with van der Waals surface area (Å²) in [5.41, 5.74) is 7.33. The van der Waals surface area contributed by atoms with Gasteiger partial charge in [-0.1, -0.05) is 25.1 Å². The van der Waals surface area contributed by atoms with Crippen molar-refractivity contribution in [1.82, 2.24) is 0 Å². The summed E-state index contributed by atoms with van der Waals surface area (Å²) >= 11 is 0. The van der Waals surface area contributed by atoms with Gasteiger partial charge in [-0.3, -0.25) is 4.79 Å². The summed E-state index contributed by atoms with van der Waals surface area (Å²) in [6.07, 6.45) is 0.897. The number of hydrogen-bond acceptors (Lipinski definition) is 3. The molecule has 0 bridgehead atoms. The second-order valence-electron chi connectivity index (χ2n) is 7.05. The first kappa shape index (κ1) is 16.7. The molecular weight excluding hydrogens is 326 g/mol. The van der Waals surface area contributed by atoms with E-state index in [-0.39, 0.29) is 11.8 Å². The van der Waals surface area contributed by atoms with E-state index in [2.05, 4.69) is 13.0 Å². The maximum Gasteiger partial charge on any atom is 0.259 e. The lowest BCUT2D eigenvalue weighted by molar-refractivity contribution is -0.112. The van der Waals surface area contributed by atoms with E-state index >= 15 is 0 Å². The first-order chi connectivity index (χ1) is 12.5. The van der Waals surface area contributed by atoms with E-state index in [1.165, 1.54) is 5.56 Å². The van der Waals surface area contributed by atoms with E-state index in [1.807, 2.05) is 38.2 Å². The third-order valence-corrected chi connectivity index (χ3v) is 5.60. The first-order valence-electron chi connectivity index (χ1n) is 8.86. The molecule has 2 aromatic carbocycles. The Labute approximate surface area is 154 Å². The molecule has 1 aliphatic carbocycles. The third-order valence-electron chi connectivity index (χ3n) is 5.60. The average molecular weight is 349 g/mol. The Morgan fingerprint density at radius 2 is 1.88 bits per heavy atom. The predicted molar refractivity (Wildman–Crippen MR) is 104 cm³/mol. The number of benzene rings is 2. The van der Waals surface area contributed by atoms with E-state index in [1.54, 1.807) is 19.1 Å². The van der Waals surface area contributed by atoms with Crippen molar-refractivity contribution in [2.24, 2.45) is 5.92 Å². The smallest absolute Gasteiger partial charge is 0.259 e. The zero-order chi connectivity index (χ0) is 18.6. The molecule has 2 aromatic rings. The van der Waals surface area contributed by atoms with Gasteiger partial charge in [-0.15, -0.1) is 0 Å². The van der Waals surface area contributed by atoms with Crippen LogP contribution in [0.25, 0.3) is 11.1 Å². The van der Waals surface area contributed by atoms with E-state index in [9.17, 15) is 4.79 Å². The molecule has 1 amide bonds. The number of nitrogens with zero attached hydrogens (tertiary/aromatic N) is 1. The summed E-state index contributed by atoms with van der Waals surface area (Å²) in [6.45, 7) is 4.24. The third kappa shape index (κ3) is 2.11. The molecule has 0 saturated heterocycles. The molecule has 0 unspecified atom stereocenters. The molecule has 0 N–H and O–H groups in total. The number of methoxy groups -OCH3 is 2. The highest BCUT2D eigenvalue weighted by Crippen LogP contribution is 2.51. The van der Waals surface area contributed by atoms with Gasteiger partial charge in [0.05, 0.1) is 25.5 Å². The molecule has 0 spiro atoms. The molecule has 0 fully saturated rings. The highest BCUT2D eigenvalue weighted by molar-refractivity contribution is 6.38. The van der Waals surface area contributed by atoms with Crippen molar-refractivity contribution in [3.05, 3.63) is 52.6 Å². The summed E-state index contributed by atoms with van der Waals surface area (Å²) in [5, 5.41) is 0. The molecule has 4 nitrogen and oxygen atoms in total. The fraction of sp³-hybridized carbons (Fsp3) is 0.318. The van der Waals surface area contributed by atoms with E-state index in [0.717, 1.165) is 51.4 Å². The molecule has 0 radical (unpaired) electrons. The molecule has 1 heterocycles. The second kappa shape index (κ2) is 5.90. The van der Waals surface area contributed by atoms with Gasteiger partial charge in [0.1, 0.15) is 0 Å². The molecule has 0 saturated carbocycles. The van der Waals surface area contributed by atoms with Gasteiger partial charge in [-0.25, -0.2) is 0 Å². The minimum atomic E-state index is 0.0649. The Kier molecular flexibility index (Phi) is 3.79. The number of anilines is 1. The fourth-order valence-corrected chi connectivity index (χ4v) is 4.46. The summed E-state index contributed by atoms with van der Waals surface area (Å²) in [7, 11) is 5.16. The van der Waals surface area contributed by atoms with E-state index in [0.29, 0.717) is 0 Å². The number of amides is 1. The van der Waals surface area contributed by atoms with Crippen molar-refractivity contribution in [2.75, 3.05) is 26.2 Å². The van der Waals surface area contributed by atoms with Crippen molar-refractivity contribution in [2.45, 2.75) is 20.3 Å². The maximum atomic E-state index is 13.1. The van der Waals surface area contributed by atoms with Crippen LogP contribution in [-0.2, 0) is 11.2 Å². The Bertz CT molecular complexity index is 958. The average Bonchev–Trinajstić information content (AvgIpc) is 3.09. The normalized spacial score (nSPS) is 21.0. The van der Waals surface area contributed by atoms with Gasteiger partial charge in [0.15, 0.2) is 11.5 Å². The van der Waals surface area contributed by atoms with E-state index in [4.69, 9.17) is 9.47 Å². The van der Waals surface area contributed by atoms with Gasteiger partial charge in [0.2, 0.25) is 0 Å². The van der Waals surface area contributed by atoms with Crippen molar-refractivity contribution < 1.29 is 14.3 Å². The van der Waals surface area contributed by atoms with Crippen LogP contribution in [-0.4, -0.2) is 27.2 Å². The highest BCUT2D eigenvalue weighted by atomic mass is 16.5. The molecule has 0 aromatic heterocycles. The molecule has 1 aliphatic heterocycles. The number of ether oxygens (including phenoxy) is 2. The Morgan fingerprint density at radius 3 is 2.58 bits per heavy atom. The number of carbonyl (C=O) groups is 1. The zero-order valence-corrected chi connectivity index (χ0v) is 15.8. The SMILES string of the molecule is COc1cc2c(c(C)c1OC)/C(=C1/C(=O)N(C)c3ccccc31)[C@H](C)C2. The minimum absolute atomic E-state index is 0.0649. The molecular formula is C22H23NO3. The molecule has 26 heavy (non-hydrogen) atoms. The lowest BCUT2D eigenvalue weighted by Crippen LogP contribution is -2.21. The monoisotopic (exact) mass is 349 g/mol. The molecule has 1 atom stereocenters. The summed E-state index contributed by atoms with van der Waals surface area (Å²) < 4.78 is 11.1. The lowest BCUT2D eigenvalue weighted by atomic mass is 9.90. The minimum Gasteiger partial charge on any atom is -0.493 e. The van der Waals surface area contributed by atoms with Gasteiger partial charge in [-0.2, -0.15) is 0 Å². The number of allylic oxidation sites excluding steroid dienone is 1. The fourth-order valence-electron chi connectivity index (χ4n) is 4.46. The van der Waals surface area contributed by atoms with Gasteiger partial charge >= 0.3 is 0 Å². The van der Waals surface area contributed by atoms with Crippen LogP contribution in [0.3, 0.4) is 0 Å². The highest BCUT2D eigenvalue weighted by Gasteiger charge is 2.38. The van der Waals surface area contributed by atoms with Gasteiger partial charge in [0, 0.05) is 18.2 Å². The predicted octanol–water partition coefficient (Wildman–Crippen LogP) is 4.09.